The lowest BCUT2D eigenvalue weighted by molar-refractivity contribution is -0.136. The average molecular weight is 184 g/mol. The summed E-state index contributed by atoms with van der Waals surface area (Å²) in [6.45, 7) is 6.02. The normalized spacial score (nSPS) is 23.2. The quantitative estimate of drug-likeness (QED) is 0.690. The second-order valence-electron chi connectivity index (χ2n) is 4.09. The molecule has 1 aliphatic rings. The van der Waals surface area contributed by atoms with Crippen LogP contribution < -0.4 is 5.32 Å². The van der Waals surface area contributed by atoms with Crippen LogP contribution in [0.4, 0.5) is 0 Å². The third kappa shape index (κ3) is 2.69. The van der Waals surface area contributed by atoms with E-state index in [0.29, 0.717) is 11.9 Å². The molecule has 3 heteroatoms. The van der Waals surface area contributed by atoms with Gasteiger partial charge < -0.3 is 10.2 Å². The molecule has 0 aromatic heterocycles. The SMILES string of the molecule is CC(C)N(C)C(=O)C1CCCNC1. The Balaban J connectivity index is 2.45. The van der Waals surface area contributed by atoms with Crippen LogP contribution in [0, 0.1) is 5.92 Å². The van der Waals surface area contributed by atoms with Crippen molar-refractivity contribution >= 4 is 5.91 Å². The largest absolute Gasteiger partial charge is 0.343 e. The fraction of sp³-hybridized carbons (Fsp3) is 0.900. The van der Waals surface area contributed by atoms with Crippen molar-refractivity contribution in [3.05, 3.63) is 0 Å². The van der Waals surface area contributed by atoms with Gasteiger partial charge in [0.1, 0.15) is 0 Å². The number of hydrogen-bond donors (Lipinski definition) is 1. The predicted octanol–water partition coefficient (Wildman–Crippen LogP) is 0.853. The van der Waals surface area contributed by atoms with Gasteiger partial charge in [0.15, 0.2) is 0 Å². The molecule has 0 spiro atoms. The van der Waals surface area contributed by atoms with Crippen molar-refractivity contribution in [2.45, 2.75) is 32.7 Å². The molecule has 0 saturated carbocycles. The Morgan fingerprint density at radius 2 is 2.23 bits per heavy atom. The number of hydrogen-bond acceptors (Lipinski definition) is 2. The predicted molar refractivity (Wildman–Crippen MR) is 53.5 cm³/mol. The van der Waals surface area contributed by atoms with Crippen LogP contribution in [0.5, 0.6) is 0 Å². The minimum absolute atomic E-state index is 0.209. The van der Waals surface area contributed by atoms with E-state index in [-0.39, 0.29) is 5.92 Å². The second kappa shape index (κ2) is 4.61. The van der Waals surface area contributed by atoms with Gasteiger partial charge >= 0.3 is 0 Å². The molecule has 1 N–H and O–H groups in total. The van der Waals surface area contributed by atoms with E-state index in [4.69, 9.17) is 0 Å². The maximum atomic E-state index is 11.8. The van der Waals surface area contributed by atoms with E-state index in [1.165, 1.54) is 0 Å². The van der Waals surface area contributed by atoms with E-state index in [9.17, 15) is 4.79 Å². The zero-order valence-corrected chi connectivity index (χ0v) is 8.84. The van der Waals surface area contributed by atoms with Crippen molar-refractivity contribution in [2.75, 3.05) is 20.1 Å². The van der Waals surface area contributed by atoms with Crippen molar-refractivity contribution < 1.29 is 4.79 Å². The van der Waals surface area contributed by atoms with E-state index in [0.717, 1.165) is 25.9 Å². The van der Waals surface area contributed by atoms with Crippen LogP contribution in [0.2, 0.25) is 0 Å². The van der Waals surface area contributed by atoms with Gasteiger partial charge in [-0.1, -0.05) is 0 Å². The first-order chi connectivity index (χ1) is 6.13. The highest BCUT2D eigenvalue weighted by atomic mass is 16.2. The third-order valence-corrected chi connectivity index (χ3v) is 2.77. The summed E-state index contributed by atoms with van der Waals surface area (Å²) < 4.78 is 0. The number of piperidine rings is 1. The molecule has 13 heavy (non-hydrogen) atoms. The first-order valence-corrected chi connectivity index (χ1v) is 5.10. The summed E-state index contributed by atoms with van der Waals surface area (Å²) in [5.41, 5.74) is 0. The fourth-order valence-corrected chi connectivity index (χ4v) is 1.61. The van der Waals surface area contributed by atoms with E-state index >= 15 is 0 Å². The molecule has 0 aromatic carbocycles. The highest BCUT2D eigenvalue weighted by Gasteiger charge is 2.24. The number of nitrogens with one attached hydrogen (secondary N) is 1. The summed E-state index contributed by atoms with van der Waals surface area (Å²) in [6, 6.07) is 0.314. The highest BCUT2D eigenvalue weighted by molar-refractivity contribution is 5.79. The molecule has 1 rings (SSSR count). The molecule has 1 amide bonds. The Labute approximate surface area is 80.5 Å². The van der Waals surface area contributed by atoms with Crippen LogP contribution >= 0.6 is 0 Å². The molecule has 1 fully saturated rings. The summed E-state index contributed by atoms with van der Waals surface area (Å²) in [7, 11) is 1.89. The molecule has 0 radical (unpaired) electrons. The Kier molecular flexibility index (Phi) is 3.72. The zero-order valence-electron chi connectivity index (χ0n) is 8.84. The maximum Gasteiger partial charge on any atom is 0.226 e. The van der Waals surface area contributed by atoms with Crippen LogP contribution in [0.15, 0.2) is 0 Å². The Bertz CT molecular complexity index is 174. The maximum absolute atomic E-state index is 11.8. The molecule has 1 unspecified atom stereocenters. The van der Waals surface area contributed by atoms with Crippen LogP contribution in [-0.2, 0) is 4.79 Å². The fourth-order valence-electron chi connectivity index (χ4n) is 1.61. The van der Waals surface area contributed by atoms with Gasteiger partial charge in [-0.25, -0.2) is 0 Å². The zero-order chi connectivity index (χ0) is 9.84. The summed E-state index contributed by atoms with van der Waals surface area (Å²) >= 11 is 0. The number of rotatable bonds is 2. The van der Waals surface area contributed by atoms with Gasteiger partial charge in [0, 0.05) is 19.6 Å². The van der Waals surface area contributed by atoms with Gasteiger partial charge in [0.2, 0.25) is 5.91 Å². The second-order valence-corrected chi connectivity index (χ2v) is 4.09. The Morgan fingerprint density at radius 3 is 2.69 bits per heavy atom. The van der Waals surface area contributed by atoms with E-state index in [1.54, 1.807) is 0 Å². The number of carbonyl (C=O) groups is 1. The average Bonchev–Trinajstić information content (AvgIpc) is 2.17. The van der Waals surface area contributed by atoms with Crippen molar-refractivity contribution in [2.24, 2.45) is 5.92 Å². The Hall–Kier alpha value is -0.570. The monoisotopic (exact) mass is 184 g/mol. The molecular weight excluding hydrogens is 164 g/mol. The van der Waals surface area contributed by atoms with Gasteiger partial charge in [0.05, 0.1) is 5.92 Å². The molecule has 0 bridgehead atoms. The van der Waals surface area contributed by atoms with Crippen LogP contribution in [0.1, 0.15) is 26.7 Å². The van der Waals surface area contributed by atoms with Crippen LogP contribution in [-0.4, -0.2) is 37.0 Å². The Morgan fingerprint density at radius 1 is 1.54 bits per heavy atom. The van der Waals surface area contributed by atoms with Crippen LogP contribution in [0.25, 0.3) is 0 Å². The van der Waals surface area contributed by atoms with E-state index in [1.807, 2.05) is 25.8 Å². The molecule has 0 aromatic rings. The minimum atomic E-state index is 0.209. The van der Waals surface area contributed by atoms with Crippen molar-refractivity contribution in [1.82, 2.24) is 10.2 Å². The summed E-state index contributed by atoms with van der Waals surface area (Å²) in [4.78, 5) is 13.7. The molecular formula is C10H20N2O. The molecule has 1 aliphatic heterocycles. The molecule has 1 atom stereocenters. The first-order valence-electron chi connectivity index (χ1n) is 5.10. The van der Waals surface area contributed by atoms with Gasteiger partial charge in [0.25, 0.3) is 0 Å². The lowest BCUT2D eigenvalue weighted by atomic mass is 9.98. The van der Waals surface area contributed by atoms with Crippen LogP contribution in [0.3, 0.4) is 0 Å². The third-order valence-electron chi connectivity index (χ3n) is 2.77. The minimum Gasteiger partial charge on any atom is -0.343 e. The lowest BCUT2D eigenvalue weighted by Crippen LogP contribution is -2.43. The van der Waals surface area contributed by atoms with E-state index < -0.39 is 0 Å². The van der Waals surface area contributed by atoms with Gasteiger partial charge in [-0.2, -0.15) is 0 Å². The number of carbonyl (C=O) groups excluding carboxylic acids is 1. The molecule has 3 nitrogen and oxygen atoms in total. The number of amides is 1. The topological polar surface area (TPSA) is 32.3 Å². The van der Waals surface area contributed by atoms with Gasteiger partial charge in [-0.3, -0.25) is 4.79 Å². The van der Waals surface area contributed by atoms with Crippen molar-refractivity contribution in [3.8, 4) is 0 Å². The summed E-state index contributed by atoms with van der Waals surface area (Å²) in [5, 5.41) is 3.26. The summed E-state index contributed by atoms with van der Waals surface area (Å²) in [6.07, 6.45) is 2.17. The highest BCUT2D eigenvalue weighted by Crippen LogP contribution is 2.13. The standard InChI is InChI=1S/C10H20N2O/c1-8(2)12(3)10(13)9-5-4-6-11-7-9/h8-9,11H,4-7H2,1-3H3. The van der Waals surface area contributed by atoms with Gasteiger partial charge in [-0.15, -0.1) is 0 Å². The first kappa shape index (κ1) is 10.5. The molecule has 1 saturated heterocycles. The molecule has 76 valence electrons. The van der Waals surface area contributed by atoms with Crippen molar-refractivity contribution in [1.29, 1.82) is 0 Å². The van der Waals surface area contributed by atoms with Crippen molar-refractivity contribution in [3.63, 3.8) is 0 Å². The number of nitrogens with zero attached hydrogens (tertiary/aromatic N) is 1. The lowest BCUT2D eigenvalue weighted by Gasteiger charge is -2.29. The van der Waals surface area contributed by atoms with Gasteiger partial charge in [-0.05, 0) is 33.2 Å². The smallest absolute Gasteiger partial charge is 0.226 e. The van der Waals surface area contributed by atoms with E-state index in [2.05, 4.69) is 5.32 Å². The molecule has 0 aliphatic carbocycles. The summed E-state index contributed by atoms with van der Waals surface area (Å²) in [5.74, 6) is 0.503. The molecule has 1 heterocycles.